The summed E-state index contributed by atoms with van der Waals surface area (Å²) in [6, 6.07) is 2.28. The number of hydrogen-bond donors (Lipinski definition) is 2. The summed E-state index contributed by atoms with van der Waals surface area (Å²) in [7, 11) is 0. The van der Waals surface area contributed by atoms with Crippen molar-refractivity contribution in [3.63, 3.8) is 0 Å². The van der Waals surface area contributed by atoms with Crippen LogP contribution in [0.15, 0.2) is 18.2 Å². The van der Waals surface area contributed by atoms with Crippen LogP contribution in [0, 0.1) is 11.6 Å². The Balaban J connectivity index is 0.00000264. The Bertz CT molecular complexity index is 566. The normalized spacial score (nSPS) is 18.5. The van der Waals surface area contributed by atoms with Gasteiger partial charge in [0.1, 0.15) is 17.3 Å². The molecule has 2 amide bonds. The Morgan fingerprint density at radius 1 is 1.43 bits per heavy atom. The highest BCUT2D eigenvalue weighted by atomic mass is 35.5. The van der Waals surface area contributed by atoms with Crippen molar-refractivity contribution in [3.05, 3.63) is 29.8 Å². The van der Waals surface area contributed by atoms with Crippen molar-refractivity contribution in [2.45, 2.75) is 38.3 Å². The number of hydrogen-bond acceptors (Lipinski definition) is 3. The first-order valence-corrected chi connectivity index (χ1v) is 7.24. The summed E-state index contributed by atoms with van der Waals surface area (Å²) >= 11 is 0. The van der Waals surface area contributed by atoms with Crippen molar-refractivity contribution in [2.24, 2.45) is 5.73 Å². The molecule has 2 rings (SSSR count). The molecule has 8 heteroatoms. The third-order valence-corrected chi connectivity index (χ3v) is 3.62. The number of anilines is 1. The van der Waals surface area contributed by atoms with Gasteiger partial charge in [-0.05, 0) is 18.6 Å². The average molecular weight is 348 g/mol. The van der Waals surface area contributed by atoms with E-state index in [-0.39, 0.29) is 37.0 Å². The summed E-state index contributed by atoms with van der Waals surface area (Å²) in [5.41, 5.74) is 5.33. The van der Waals surface area contributed by atoms with Gasteiger partial charge in [0.15, 0.2) is 0 Å². The van der Waals surface area contributed by atoms with Crippen molar-refractivity contribution in [2.75, 3.05) is 11.4 Å². The fourth-order valence-corrected chi connectivity index (χ4v) is 2.52. The Morgan fingerprint density at radius 2 is 2.04 bits per heavy atom. The molecule has 3 N–H and O–H groups in total. The topological polar surface area (TPSA) is 75.4 Å². The first kappa shape index (κ1) is 19.3. The van der Waals surface area contributed by atoms with Gasteiger partial charge in [-0.15, -0.1) is 12.4 Å². The first-order chi connectivity index (χ1) is 10.4. The number of rotatable bonds is 5. The van der Waals surface area contributed by atoms with Crippen LogP contribution in [0.5, 0.6) is 0 Å². The van der Waals surface area contributed by atoms with Gasteiger partial charge in [0, 0.05) is 13.0 Å². The van der Waals surface area contributed by atoms with Crippen molar-refractivity contribution in [3.8, 4) is 0 Å². The smallest absolute Gasteiger partial charge is 0.237 e. The lowest BCUT2D eigenvalue weighted by Crippen LogP contribution is -2.46. The van der Waals surface area contributed by atoms with Gasteiger partial charge in [0.05, 0.1) is 12.1 Å². The SMILES string of the molecule is CCCC(N)C(=O)NC1CC(=O)N(c2c(F)cccc2F)C1.Cl. The Morgan fingerprint density at radius 3 is 2.61 bits per heavy atom. The van der Waals surface area contributed by atoms with E-state index in [0.29, 0.717) is 6.42 Å². The third-order valence-electron chi connectivity index (χ3n) is 3.62. The zero-order valence-electron chi connectivity index (χ0n) is 12.7. The van der Waals surface area contributed by atoms with Crippen LogP contribution in [0.4, 0.5) is 14.5 Å². The fourth-order valence-electron chi connectivity index (χ4n) is 2.52. The number of amides is 2. The summed E-state index contributed by atoms with van der Waals surface area (Å²) in [5, 5.41) is 2.66. The molecule has 1 fully saturated rings. The molecular formula is C15H20ClF2N3O2. The molecule has 1 aliphatic heterocycles. The van der Waals surface area contributed by atoms with Gasteiger partial charge in [-0.3, -0.25) is 9.59 Å². The van der Waals surface area contributed by atoms with E-state index >= 15 is 0 Å². The van der Waals surface area contributed by atoms with Crippen molar-refractivity contribution < 1.29 is 18.4 Å². The van der Waals surface area contributed by atoms with E-state index in [4.69, 9.17) is 5.73 Å². The van der Waals surface area contributed by atoms with E-state index in [1.807, 2.05) is 6.92 Å². The lowest BCUT2D eigenvalue weighted by molar-refractivity contribution is -0.123. The monoisotopic (exact) mass is 347 g/mol. The maximum Gasteiger partial charge on any atom is 0.237 e. The lowest BCUT2D eigenvalue weighted by atomic mass is 10.1. The molecule has 0 radical (unpaired) electrons. The minimum absolute atomic E-state index is 0. The molecule has 5 nitrogen and oxygen atoms in total. The molecule has 1 heterocycles. The van der Waals surface area contributed by atoms with Gasteiger partial charge in [-0.1, -0.05) is 19.4 Å². The maximum absolute atomic E-state index is 13.8. The number of nitrogens with one attached hydrogen (secondary N) is 1. The van der Waals surface area contributed by atoms with Crippen LogP contribution in [0.3, 0.4) is 0 Å². The van der Waals surface area contributed by atoms with E-state index in [9.17, 15) is 18.4 Å². The van der Waals surface area contributed by atoms with Crippen molar-refractivity contribution in [1.29, 1.82) is 0 Å². The predicted octanol–water partition coefficient (Wildman–Crippen LogP) is 1.74. The van der Waals surface area contributed by atoms with Crippen LogP contribution in [0.1, 0.15) is 26.2 Å². The molecule has 0 bridgehead atoms. The zero-order chi connectivity index (χ0) is 16.3. The minimum atomic E-state index is -0.803. The Kier molecular flexibility index (Phi) is 6.90. The summed E-state index contributed by atoms with van der Waals surface area (Å²) in [6.45, 7) is 1.94. The zero-order valence-corrected chi connectivity index (χ0v) is 13.5. The second kappa shape index (κ2) is 8.21. The lowest BCUT2D eigenvalue weighted by Gasteiger charge is -2.19. The minimum Gasteiger partial charge on any atom is -0.350 e. The van der Waals surface area contributed by atoms with Gasteiger partial charge in [-0.25, -0.2) is 8.78 Å². The molecule has 23 heavy (non-hydrogen) atoms. The number of carbonyl (C=O) groups excluding carboxylic acids is 2. The largest absolute Gasteiger partial charge is 0.350 e. The van der Waals surface area contributed by atoms with Gasteiger partial charge in [0.25, 0.3) is 0 Å². The quantitative estimate of drug-likeness (QED) is 0.851. The van der Waals surface area contributed by atoms with E-state index in [0.717, 1.165) is 23.5 Å². The second-order valence-electron chi connectivity index (χ2n) is 5.38. The molecule has 128 valence electrons. The van der Waals surface area contributed by atoms with Gasteiger partial charge in [0.2, 0.25) is 11.8 Å². The predicted molar refractivity (Wildman–Crippen MR) is 85.4 cm³/mol. The molecule has 0 spiro atoms. The first-order valence-electron chi connectivity index (χ1n) is 7.24. The van der Waals surface area contributed by atoms with E-state index in [1.54, 1.807) is 0 Å². The van der Waals surface area contributed by atoms with Crippen LogP contribution in [0.2, 0.25) is 0 Å². The van der Waals surface area contributed by atoms with E-state index in [2.05, 4.69) is 5.32 Å². The van der Waals surface area contributed by atoms with Crippen LogP contribution < -0.4 is 16.0 Å². The van der Waals surface area contributed by atoms with E-state index < -0.39 is 29.6 Å². The highest BCUT2D eigenvalue weighted by Crippen LogP contribution is 2.27. The number of nitrogens with two attached hydrogens (primary N) is 1. The molecule has 1 saturated heterocycles. The maximum atomic E-state index is 13.8. The second-order valence-corrected chi connectivity index (χ2v) is 5.38. The van der Waals surface area contributed by atoms with Gasteiger partial charge < -0.3 is 16.0 Å². The molecule has 0 aliphatic carbocycles. The standard InChI is InChI=1S/C15H19F2N3O2.ClH/c1-2-4-12(18)15(22)19-9-7-13(21)20(8-9)14-10(16)5-3-6-11(14)17;/h3,5-6,9,12H,2,4,7-8,18H2,1H3,(H,19,22);1H. The van der Waals surface area contributed by atoms with Crippen LogP contribution in [-0.2, 0) is 9.59 Å². The molecule has 0 aromatic heterocycles. The molecule has 1 aromatic carbocycles. The molecule has 2 atom stereocenters. The van der Waals surface area contributed by atoms with E-state index in [1.165, 1.54) is 6.07 Å². The molecule has 0 saturated carbocycles. The summed E-state index contributed by atoms with van der Waals surface area (Å²) < 4.78 is 27.5. The summed E-state index contributed by atoms with van der Waals surface area (Å²) in [5.74, 6) is -2.39. The summed E-state index contributed by atoms with van der Waals surface area (Å²) in [4.78, 5) is 24.9. The van der Waals surface area contributed by atoms with Crippen molar-refractivity contribution >= 4 is 29.9 Å². The fraction of sp³-hybridized carbons (Fsp3) is 0.467. The Hall–Kier alpha value is -1.73. The van der Waals surface area contributed by atoms with Gasteiger partial charge >= 0.3 is 0 Å². The number of halogens is 3. The molecule has 2 unspecified atom stereocenters. The van der Waals surface area contributed by atoms with Gasteiger partial charge in [-0.2, -0.15) is 0 Å². The van der Waals surface area contributed by atoms with Crippen molar-refractivity contribution in [1.82, 2.24) is 5.32 Å². The number of nitrogens with zero attached hydrogens (tertiary/aromatic N) is 1. The molecule has 1 aliphatic rings. The van der Waals surface area contributed by atoms with Crippen LogP contribution >= 0.6 is 12.4 Å². The highest BCUT2D eigenvalue weighted by Gasteiger charge is 2.35. The van der Waals surface area contributed by atoms with Crippen LogP contribution in [0.25, 0.3) is 0 Å². The highest BCUT2D eigenvalue weighted by molar-refractivity contribution is 5.97. The number of para-hydroxylation sites is 1. The molecular weight excluding hydrogens is 328 g/mol. The summed E-state index contributed by atoms with van der Waals surface area (Å²) in [6.07, 6.45) is 1.31. The number of carbonyl (C=O) groups is 2. The molecule has 1 aromatic rings. The average Bonchev–Trinajstić information content (AvgIpc) is 2.79. The Labute approximate surface area is 139 Å². The third kappa shape index (κ3) is 4.39. The van der Waals surface area contributed by atoms with Crippen LogP contribution in [-0.4, -0.2) is 30.4 Å². The number of benzene rings is 1.